The second kappa shape index (κ2) is 20.4. The van der Waals surface area contributed by atoms with Gasteiger partial charge in [0.05, 0.1) is 6.61 Å². The quantitative estimate of drug-likeness (QED) is 0.101. The van der Waals surface area contributed by atoms with E-state index in [0.29, 0.717) is 25.9 Å². The Bertz CT molecular complexity index is 1320. The lowest BCUT2D eigenvalue weighted by Gasteiger charge is -2.19. The molecule has 0 aromatic heterocycles. The van der Waals surface area contributed by atoms with Gasteiger partial charge in [0.1, 0.15) is 24.6 Å². The van der Waals surface area contributed by atoms with E-state index in [1.807, 2.05) is 0 Å². The smallest absolute Gasteiger partial charge is 0.119 e. The van der Waals surface area contributed by atoms with E-state index in [-0.39, 0.29) is 12.2 Å². The van der Waals surface area contributed by atoms with E-state index in [2.05, 4.69) is 125 Å². The third kappa shape index (κ3) is 11.5. The SMILES string of the molecule is CCN(CC)CCOc1ccc(/C(=C(/CCCOCC2OC2C2CNCCNCCNCCN2)c2ccccc2)c2ccccc2)cc1. The third-order valence-electron chi connectivity index (χ3n) is 9.25. The van der Waals surface area contributed by atoms with Gasteiger partial charge in [0.15, 0.2) is 0 Å². The Kier molecular flexibility index (Phi) is 15.4. The summed E-state index contributed by atoms with van der Waals surface area (Å²) in [6, 6.07) is 30.5. The summed E-state index contributed by atoms with van der Waals surface area (Å²) in [5, 5.41) is 14.2. The highest BCUT2D eigenvalue weighted by atomic mass is 16.6. The highest BCUT2D eigenvalue weighted by molar-refractivity contribution is 5.98. The Morgan fingerprint density at radius 3 is 2.04 bits per heavy atom. The molecule has 2 saturated heterocycles. The van der Waals surface area contributed by atoms with Crippen LogP contribution in [0.4, 0.5) is 0 Å². The number of hydrogen-bond acceptors (Lipinski definition) is 8. The zero-order chi connectivity index (χ0) is 33.2. The van der Waals surface area contributed by atoms with Crippen LogP contribution in [0.25, 0.3) is 11.1 Å². The first kappa shape index (κ1) is 36.2. The Labute approximate surface area is 288 Å². The molecule has 0 saturated carbocycles. The van der Waals surface area contributed by atoms with E-state index in [0.717, 1.165) is 84.0 Å². The number of rotatable bonds is 16. The van der Waals surface area contributed by atoms with Crippen molar-refractivity contribution in [2.24, 2.45) is 0 Å². The van der Waals surface area contributed by atoms with Gasteiger partial charge in [0.2, 0.25) is 0 Å². The molecule has 5 rings (SSSR count). The fourth-order valence-corrected chi connectivity index (χ4v) is 6.43. The van der Waals surface area contributed by atoms with Crippen molar-refractivity contribution in [2.45, 2.75) is 44.9 Å². The van der Waals surface area contributed by atoms with E-state index in [9.17, 15) is 0 Å². The van der Waals surface area contributed by atoms with Gasteiger partial charge in [-0.15, -0.1) is 0 Å². The van der Waals surface area contributed by atoms with E-state index >= 15 is 0 Å². The molecule has 0 aliphatic carbocycles. The van der Waals surface area contributed by atoms with Gasteiger partial charge >= 0.3 is 0 Å². The number of likely N-dealkylation sites (N-methyl/N-ethyl adjacent to an activating group) is 1. The fraction of sp³-hybridized carbons (Fsp3) is 0.500. The summed E-state index contributed by atoms with van der Waals surface area (Å²) in [5.41, 5.74) is 6.23. The number of nitrogens with one attached hydrogen (secondary N) is 4. The fourth-order valence-electron chi connectivity index (χ4n) is 6.43. The summed E-state index contributed by atoms with van der Waals surface area (Å²) in [6.45, 7) is 16.2. The van der Waals surface area contributed by atoms with Crippen molar-refractivity contribution in [1.29, 1.82) is 0 Å². The van der Waals surface area contributed by atoms with E-state index < -0.39 is 0 Å². The van der Waals surface area contributed by atoms with Crippen LogP contribution < -0.4 is 26.0 Å². The topological polar surface area (TPSA) is 82.4 Å². The monoisotopic (exact) mass is 655 g/mol. The van der Waals surface area contributed by atoms with Crippen molar-refractivity contribution in [3.63, 3.8) is 0 Å². The molecule has 0 amide bonds. The standard InChI is InChI=1S/C40H57N5O3/c1-3-45(4-2)27-29-47-35-19-17-34(18-20-35)39(33-14-9-6-10-15-33)36(32-12-7-5-8-13-32)16-11-28-46-31-38-40(48-38)37-30-43-24-23-41-21-22-42-25-26-44-37/h5-10,12-15,17-20,37-38,40-44H,3-4,11,16,21-31H2,1-2H3/b39-36-. The minimum absolute atomic E-state index is 0.153. The summed E-state index contributed by atoms with van der Waals surface area (Å²) in [4.78, 5) is 2.38. The maximum atomic E-state index is 6.24. The summed E-state index contributed by atoms with van der Waals surface area (Å²) >= 11 is 0. The van der Waals surface area contributed by atoms with E-state index in [1.54, 1.807) is 0 Å². The largest absolute Gasteiger partial charge is 0.492 e. The Hall–Kier alpha value is -3.08. The molecule has 2 fully saturated rings. The molecule has 0 bridgehead atoms. The van der Waals surface area contributed by atoms with Gasteiger partial charge in [0.25, 0.3) is 0 Å². The zero-order valence-corrected chi connectivity index (χ0v) is 29.1. The van der Waals surface area contributed by atoms with Crippen LogP contribution in [0.1, 0.15) is 43.4 Å². The number of ether oxygens (including phenoxy) is 3. The van der Waals surface area contributed by atoms with Gasteiger partial charge in [0, 0.05) is 65.0 Å². The van der Waals surface area contributed by atoms with Crippen molar-refractivity contribution in [1.82, 2.24) is 26.2 Å². The van der Waals surface area contributed by atoms with E-state index in [4.69, 9.17) is 14.2 Å². The number of hydrogen-bond donors (Lipinski definition) is 4. The second-order valence-corrected chi connectivity index (χ2v) is 12.6. The van der Waals surface area contributed by atoms with Crippen LogP contribution in [0.15, 0.2) is 84.9 Å². The lowest BCUT2D eigenvalue weighted by Crippen LogP contribution is -2.48. The van der Waals surface area contributed by atoms with Crippen LogP contribution in [-0.2, 0) is 9.47 Å². The van der Waals surface area contributed by atoms with Crippen LogP contribution in [0.5, 0.6) is 5.75 Å². The van der Waals surface area contributed by atoms with Gasteiger partial charge in [-0.05, 0) is 65.9 Å². The van der Waals surface area contributed by atoms with Crippen molar-refractivity contribution in [3.05, 3.63) is 102 Å². The molecule has 4 N–H and O–H groups in total. The van der Waals surface area contributed by atoms with E-state index in [1.165, 1.54) is 27.8 Å². The molecule has 48 heavy (non-hydrogen) atoms. The summed E-state index contributed by atoms with van der Waals surface area (Å²) in [5.74, 6) is 0.907. The average molecular weight is 656 g/mol. The van der Waals surface area contributed by atoms with Crippen molar-refractivity contribution in [2.75, 3.05) is 85.3 Å². The molecule has 0 spiro atoms. The Morgan fingerprint density at radius 2 is 1.35 bits per heavy atom. The highest BCUT2D eigenvalue weighted by Crippen LogP contribution is 2.36. The van der Waals surface area contributed by atoms with Crippen molar-refractivity contribution < 1.29 is 14.2 Å². The maximum Gasteiger partial charge on any atom is 0.119 e. The van der Waals surface area contributed by atoms with Crippen molar-refractivity contribution in [3.8, 4) is 5.75 Å². The molecule has 3 atom stereocenters. The average Bonchev–Trinajstić information content (AvgIpc) is 3.90. The first-order chi connectivity index (χ1) is 23.8. The lowest BCUT2D eigenvalue weighted by atomic mass is 9.87. The Morgan fingerprint density at radius 1 is 0.729 bits per heavy atom. The molecule has 3 unspecified atom stereocenters. The second-order valence-electron chi connectivity index (χ2n) is 12.6. The molecular formula is C40H57N5O3. The molecule has 3 aromatic rings. The minimum Gasteiger partial charge on any atom is -0.492 e. The first-order valence-electron chi connectivity index (χ1n) is 18.1. The number of nitrogens with zero attached hydrogens (tertiary/aromatic N) is 1. The first-order valence-corrected chi connectivity index (χ1v) is 18.1. The van der Waals surface area contributed by atoms with Gasteiger partial charge in [-0.3, -0.25) is 0 Å². The molecular weight excluding hydrogens is 598 g/mol. The van der Waals surface area contributed by atoms with Crippen LogP contribution in [0, 0.1) is 0 Å². The normalized spacial score (nSPS) is 21.2. The molecule has 260 valence electrons. The highest BCUT2D eigenvalue weighted by Gasteiger charge is 2.44. The molecule has 8 heteroatoms. The number of allylic oxidation sites excluding steroid dienone is 1. The van der Waals surface area contributed by atoms with Crippen LogP contribution in [0.2, 0.25) is 0 Å². The van der Waals surface area contributed by atoms with Crippen LogP contribution in [-0.4, -0.2) is 108 Å². The molecule has 3 aromatic carbocycles. The molecule has 2 aliphatic heterocycles. The third-order valence-corrected chi connectivity index (χ3v) is 9.25. The molecule has 2 heterocycles. The summed E-state index contributed by atoms with van der Waals surface area (Å²) < 4.78 is 18.5. The predicted octanol–water partition coefficient (Wildman–Crippen LogP) is 4.67. The van der Waals surface area contributed by atoms with Gasteiger partial charge in [-0.1, -0.05) is 86.6 Å². The number of benzene rings is 3. The molecule has 8 nitrogen and oxygen atoms in total. The molecule has 2 aliphatic rings. The number of epoxide rings is 1. The Balaban J connectivity index is 1.21. The van der Waals surface area contributed by atoms with Gasteiger partial charge < -0.3 is 40.4 Å². The van der Waals surface area contributed by atoms with Crippen molar-refractivity contribution >= 4 is 11.1 Å². The summed E-state index contributed by atoms with van der Waals surface area (Å²) in [6.07, 6.45) is 2.18. The van der Waals surface area contributed by atoms with Crippen LogP contribution in [0.3, 0.4) is 0 Å². The predicted molar refractivity (Wildman–Crippen MR) is 198 cm³/mol. The van der Waals surface area contributed by atoms with Gasteiger partial charge in [-0.25, -0.2) is 0 Å². The maximum absolute atomic E-state index is 6.24. The van der Waals surface area contributed by atoms with Crippen LogP contribution >= 0.6 is 0 Å². The lowest BCUT2D eigenvalue weighted by molar-refractivity contribution is 0.115. The summed E-state index contributed by atoms with van der Waals surface area (Å²) in [7, 11) is 0. The zero-order valence-electron chi connectivity index (χ0n) is 29.1. The molecule has 0 radical (unpaired) electrons. The van der Waals surface area contributed by atoms with Gasteiger partial charge in [-0.2, -0.15) is 0 Å². The minimum atomic E-state index is 0.153.